The zero-order valence-electron chi connectivity index (χ0n) is 11.3. The molecular weight excluding hydrogens is 248 g/mol. The van der Waals surface area contributed by atoms with Crippen LogP contribution >= 0.6 is 0 Å². The minimum absolute atomic E-state index is 0.0607. The second kappa shape index (κ2) is 6.67. The van der Waals surface area contributed by atoms with Gasteiger partial charge >= 0.3 is 0 Å². The monoisotopic (exact) mass is 266 g/mol. The van der Waals surface area contributed by atoms with E-state index in [-0.39, 0.29) is 29.0 Å². The van der Waals surface area contributed by atoms with Gasteiger partial charge in [0.2, 0.25) is 5.91 Å². The largest absolute Gasteiger partial charge is 0.354 e. The number of hydrogen-bond donors (Lipinski definition) is 2. The Morgan fingerprint density at radius 1 is 1.26 bits per heavy atom. The Morgan fingerprint density at radius 2 is 1.89 bits per heavy atom. The molecule has 2 amide bonds. The van der Waals surface area contributed by atoms with Crippen LogP contribution in [-0.2, 0) is 11.8 Å². The van der Waals surface area contributed by atoms with Gasteiger partial charge in [0.25, 0.3) is 11.5 Å². The average molecular weight is 266 g/mol. The van der Waals surface area contributed by atoms with E-state index in [0.717, 1.165) is 4.68 Å². The first-order chi connectivity index (χ1) is 8.91. The molecule has 0 saturated carbocycles. The number of aromatic nitrogens is 2. The van der Waals surface area contributed by atoms with Crippen LogP contribution in [0.3, 0.4) is 0 Å². The standard InChI is InChI=1S/C12H18N4O3/c1-8(2)11(18)13-6-7-14-12(19)9-4-5-10(17)16(3)15-9/h4-5,8H,6-7H2,1-3H3,(H,13,18)(H,14,19). The molecular formula is C12H18N4O3. The number of carbonyl (C=O) groups excluding carboxylic acids is 2. The molecule has 104 valence electrons. The molecule has 1 rings (SSSR count). The lowest BCUT2D eigenvalue weighted by Gasteiger charge is -2.08. The molecule has 7 heteroatoms. The number of nitrogens with one attached hydrogen (secondary N) is 2. The molecule has 0 fully saturated rings. The van der Waals surface area contributed by atoms with Crippen molar-refractivity contribution in [2.75, 3.05) is 13.1 Å². The number of rotatable bonds is 5. The van der Waals surface area contributed by atoms with E-state index in [9.17, 15) is 14.4 Å². The average Bonchev–Trinajstić information content (AvgIpc) is 2.37. The summed E-state index contributed by atoms with van der Waals surface area (Å²) in [7, 11) is 1.47. The van der Waals surface area contributed by atoms with Gasteiger partial charge in [0.15, 0.2) is 0 Å². The van der Waals surface area contributed by atoms with Crippen molar-refractivity contribution in [2.24, 2.45) is 13.0 Å². The van der Waals surface area contributed by atoms with Crippen LogP contribution in [0, 0.1) is 5.92 Å². The Hall–Kier alpha value is -2.18. The maximum absolute atomic E-state index is 11.7. The van der Waals surface area contributed by atoms with Crippen molar-refractivity contribution >= 4 is 11.8 Å². The van der Waals surface area contributed by atoms with Crippen LogP contribution in [0.2, 0.25) is 0 Å². The molecule has 0 unspecified atom stereocenters. The fraction of sp³-hybridized carbons (Fsp3) is 0.500. The lowest BCUT2D eigenvalue weighted by molar-refractivity contribution is -0.123. The molecule has 0 aliphatic rings. The first-order valence-corrected chi connectivity index (χ1v) is 6.02. The summed E-state index contributed by atoms with van der Waals surface area (Å²) in [5.41, 5.74) is -0.113. The fourth-order valence-electron chi connectivity index (χ4n) is 1.28. The number of nitrogens with zero attached hydrogens (tertiary/aromatic N) is 2. The van der Waals surface area contributed by atoms with E-state index in [1.807, 2.05) is 0 Å². The summed E-state index contributed by atoms with van der Waals surface area (Å²) < 4.78 is 1.09. The quantitative estimate of drug-likeness (QED) is 0.688. The smallest absolute Gasteiger partial charge is 0.271 e. The molecule has 0 bridgehead atoms. The molecule has 0 aromatic carbocycles. The second-order valence-electron chi connectivity index (χ2n) is 4.38. The number of amides is 2. The van der Waals surface area contributed by atoms with Crippen LogP contribution in [0.4, 0.5) is 0 Å². The maximum Gasteiger partial charge on any atom is 0.271 e. The number of aryl methyl sites for hydroxylation is 1. The summed E-state index contributed by atoms with van der Waals surface area (Å²) in [6.07, 6.45) is 0. The van der Waals surface area contributed by atoms with Crippen molar-refractivity contribution in [2.45, 2.75) is 13.8 Å². The zero-order valence-corrected chi connectivity index (χ0v) is 11.3. The van der Waals surface area contributed by atoms with Crippen LogP contribution in [0.1, 0.15) is 24.3 Å². The van der Waals surface area contributed by atoms with Crippen molar-refractivity contribution < 1.29 is 9.59 Å². The van der Waals surface area contributed by atoms with Gasteiger partial charge in [-0.2, -0.15) is 5.10 Å². The van der Waals surface area contributed by atoms with Gasteiger partial charge in [-0.25, -0.2) is 4.68 Å². The minimum atomic E-state index is -0.380. The number of carbonyl (C=O) groups is 2. The summed E-state index contributed by atoms with van der Waals surface area (Å²) in [4.78, 5) is 34.1. The van der Waals surface area contributed by atoms with E-state index in [2.05, 4.69) is 15.7 Å². The van der Waals surface area contributed by atoms with E-state index in [4.69, 9.17) is 0 Å². The Kier molecular flexibility index (Phi) is 5.23. The molecule has 0 atom stereocenters. The predicted molar refractivity (Wildman–Crippen MR) is 69.7 cm³/mol. The summed E-state index contributed by atoms with van der Waals surface area (Å²) in [5.74, 6) is -0.523. The first kappa shape index (κ1) is 14.9. The van der Waals surface area contributed by atoms with Crippen LogP contribution in [0.25, 0.3) is 0 Å². The summed E-state index contributed by atoms with van der Waals surface area (Å²) in [6, 6.07) is 2.65. The molecule has 19 heavy (non-hydrogen) atoms. The summed E-state index contributed by atoms with van der Waals surface area (Å²) in [5, 5.41) is 9.11. The SMILES string of the molecule is CC(C)C(=O)NCCNC(=O)c1ccc(=O)n(C)n1. The highest BCUT2D eigenvalue weighted by Gasteiger charge is 2.09. The third-order valence-corrected chi connectivity index (χ3v) is 2.43. The van der Waals surface area contributed by atoms with Crippen molar-refractivity contribution in [3.8, 4) is 0 Å². The molecule has 1 aromatic rings. The third-order valence-electron chi connectivity index (χ3n) is 2.43. The van der Waals surface area contributed by atoms with E-state index >= 15 is 0 Å². The van der Waals surface area contributed by atoms with Crippen molar-refractivity contribution in [1.29, 1.82) is 0 Å². The van der Waals surface area contributed by atoms with Gasteiger partial charge in [-0.1, -0.05) is 13.8 Å². The maximum atomic E-state index is 11.7. The van der Waals surface area contributed by atoms with Crippen LogP contribution < -0.4 is 16.2 Å². The van der Waals surface area contributed by atoms with Gasteiger partial charge < -0.3 is 10.6 Å². The molecule has 7 nitrogen and oxygen atoms in total. The Labute approximate surface area is 111 Å². The molecule has 0 spiro atoms. The Morgan fingerprint density at radius 3 is 2.47 bits per heavy atom. The van der Waals surface area contributed by atoms with Crippen LogP contribution in [0.15, 0.2) is 16.9 Å². The van der Waals surface area contributed by atoms with Crippen molar-refractivity contribution in [1.82, 2.24) is 20.4 Å². The van der Waals surface area contributed by atoms with Crippen LogP contribution in [-0.4, -0.2) is 34.7 Å². The van der Waals surface area contributed by atoms with Gasteiger partial charge in [0.05, 0.1) is 0 Å². The molecule has 1 heterocycles. The van der Waals surface area contributed by atoms with E-state index in [1.165, 1.54) is 19.2 Å². The molecule has 0 aliphatic heterocycles. The molecule has 2 N–H and O–H groups in total. The lowest BCUT2D eigenvalue weighted by Crippen LogP contribution is -2.37. The van der Waals surface area contributed by atoms with E-state index < -0.39 is 0 Å². The van der Waals surface area contributed by atoms with Gasteiger partial charge in [-0.3, -0.25) is 14.4 Å². The number of hydrogen-bond acceptors (Lipinski definition) is 4. The second-order valence-corrected chi connectivity index (χ2v) is 4.38. The Balaban J connectivity index is 2.41. The first-order valence-electron chi connectivity index (χ1n) is 6.02. The predicted octanol–water partition coefficient (Wildman–Crippen LogP) is -0.718. The Bertz CT molecular complexity index is 522. The van der Waals surface area contributed by atoms with Crippen molar-refractivity contribution in [3.63, 3.8) is 0 Å². The van der Waals surface area contributed by atoms with Crippen LogP contribution in [0.5, 0.6) is 0 Å². The highest BCUT2D eigenvalue weighted by atomic mass is 16.2. The topological polar surface area (TPSA) is 93.1 Å². The highest BCUT2D eigenvalue weighted by molar-refractivity contribution is 5.92. The summed E-state index contributed by atoms with van der Waals surface area (Å²) >= 11 is 0. The summed E-state index contributed by atoms with van der Waals surface area (Å²) in [6.45, 7) is 4.25. The van der Waals surface area contributed by atoms with Gasteiger partial charge in [-0.05, 0) is 6.07 Å². The molecule has 1 aromatic heterocycles. The molecule has 0 radical (unpaired) electrons. The molecule has 0 saturated heterocycles. The van der Waals surface area contributed by atoms with Gasteiger partial charge in [0.1, 0.15) is 5.69 Å². The minimum Gasteiger partial charge on any atom is -0.354 e. The van der Waals surface area contributed by atoms with E-state index in [0.29, 0.717) is 13.1 Å². The fourth-order valence-corrected chi connectivity index (χ4v) is 1.28. The third kappa shape index (κ3) is 4.53. The van der Waals surface area contributed by atoms with Gasteiger partial charge in [-0.15, -0.1) is 0 Å². The van der Waals surface area contributed by atoms with Gasteiger partial charge in [0, 0.05) is 32.1 Å². The van der Waals surface area contributed by atoms with E-state index in [1.54, 1.807) is 13.8 Å². The zero-order chi connectivity index (χ0) is 14.4. The normalized spacial score (nSPS) is 10.3. The van der Waals surface area contributed by atoms with Crippen molar-refractivity contribution in [3.05, 3.63) is 28.2 Å². The lowest BCUT2D eigenvalue weighted by atomic mass is 10.2. The molecule has 0 aliphatic carbocycles. The highest BCUT2D eigenvalue weighted by Crippen LogP contribution is 1.90.